The van der Waals surface area contributed by atoms with Crippen LogP contribution in [-0.2, 0) is 0 Å². The van der Waals surface area contributed by atoms with Gasteiger partial charge in [0, 0.05) is 24.2 Å². The molecule has 5 heteroatoms. The minimum absolute atomic E-state index is 0.418. The third-order valence-electron chi connectivity index (χ3n) is 3.86. The van der Waals surface area contributed by atoms with Crippen LogP contribution >= 0.6 is 11.3 Å². The predicted molar refractivity (Wildman–Crippen MR) is 83.8 cm³/mol. The number of hydrogen-bond acceptors (Lipinski definition) is 5. The van der Waals surface area contributed by atoms with Crippen molar-refractivity contribution in [3.8, 4) is 11.4 Å². The maximum absolute atomic E-state index is 5.93. The van der Waals surface area contributed by atoms with Crippen molar-refractivity contribution in [1.29, 1.82) is 0 Å². The van der Waals surface area contributed by atoms with Gasteiger partial charge in [-0.1, -0.05) is 6.07 Å². The molecule has 1 aliphatic carbocycles. The number of nitrogens with two attached hydrogens (primary N) is 1. The zero-order valence-electron chi connectivity index (χ0n) is 11.5. The van der Waals surface area contributed by atoms with Crippen LogP contribution in [0.1, 0.15) is 25.7 Å². The molecule has 3 N–H and O–H groups in total. The van der Waals surface area contributed by atoms with E-state index in [1.165, 1.54) is 12.8 Å². The molecule has 3 rings (SSSR count). The van der Waals surface area contributed by atoms with Gasteiger partial charge in [0.25, 0.3) is 0 Å². The van der Waals surface area contributed by atoms with Crippen molar-refractivity contribution in [1.82, 2.24) is 9.97 Å². The molecule has 0 aliphatic heterocycles. The van der Waals surface area contributed by atoms with E-state index in [4.69, 9.17) is 5.73 Å². The Labute approximate surface area is 123 Å². The third kappa shape index (κ3) is 3.35. The molecule has 0 amide bonds. The first-order chi connectivity index (χ1) is 9.81. The zero-order valence-corrected chi connectivity index (χ0v) is 12.3. The van der Waals surface area contributed by atoms with Gasteiger partial charge in [-0.3, -0.25) is 4.98 Å². The summed E-state index contributed by atoms with van der Waals surface area (Å²) in [6.07, 6.45) is 6.57. The van der Waals surface area contributed by atoms with Crippen LogP contribution in [0.5, 0.6) is 0 Å². The molecule has 1 aliphatic rings. The Kier molecular flexibility index (Phi) is 4.28. The molecule has 0 bridgehead atoms. The molecular weight excluding hydrogens is 268 g/mol. The molecule has 0 spiro atoms. The first kappa shape index (κ1) is 13.5. The maximum Gasteiger partial charge on any atom is 0.183 e. The fraction of sp³-hybridized carbons (Fsp3) is 0.467. The number of pyridine rings is 1. The Morgan fingerprint density at radius 1 is 1.20 bits per heavy atom. The smallest absolute Gasteiger partial charge is 0.183 e. The van der Waals surface area contributed by atoms with Gasteiger partial charge in [0.2, 0.25) is 0 Å². The van der Waals surface area contributed by atoms with Gasteiger partial charge >= 0.3 is 0 Å². The summed E-state index contributed by atoms with van der Waals surface area (Å²) in [5, 5.41) is 6.50. The van der Waals surface area contributed by atoms with Crippen molar-refractivity contribution in [3.05, 3.63) is 29.8 Å². The number of thiazole rings is 1. The fourth-order valence-corrected chi connectivity index (χ4v) is 3.33. The average Bonchev–Trinajstić information content (AvgIpc) is 2.97. The lowest BCUT2D eigenvalue weighted by molar-refractivity contribution is 0.339. The van der Waals surface area contributed by atoms with Crippen molar-refractivity contribution >= 4 is 16.5 Å². The number of rotatable bonds is 4. The molecule has 2 heterocycles. The normalized spacial score (nSPS) is 22.6. The van der Waals surface area contributed by atoms with E-state index >= 15 is 0 Å². The molecule has 0 atom stereocenters. The minimum Gasteiger partial charge on any atom is -0.361 e. The summed E-state index contributed by atoms with van der Waals surface area (Å²) in [6.45, 7) is 1.00. The summed E-state index contributed by atoms with van der Waals surface area (Å²) >= 11 is 1.65. The van der Waals surface area contributed by atoms with Gasteiger partial charge in [0.05, 0.1) is 5.69 Å². The van der Waals surface area contributed by atoms with Gasteiger partial charge in [0.15, 0.2) is 5.13 Å². The first-order valence-electron chi connectivity index (χ1n) is 7.17. The summed E-state index contributed by atoms with van der Waals surface area (Å²) in [7, 11) is 0. The SMILES string of the molecule is NC1CCC(CNc2nc(-c3ccccn3)cs2)CC1. The minimum atomic E-state index is 0.418. The van der Waals surface area contributed by atoms with Crippen molar-refractivity contribution in [2.45, 2.75) is 31.7 Å². The molecule has 20 heavy (non-hydrogen) atoms. The van der Waals surface area contributed by atoms with Gasteiger partial charge in [-0.2, -0.15) is 0 Å². The molecule has 0 saturated heterocycles. The van der Waals surface area contributed by atoms with Crippen LogP contribution in [0.2, 0.25) is 0 Å². The number of nitrogens with zero attached hydrogens (tertiary/aromatic N) is 2. The van der Waals surface area contributed by atoms with Crippen LogP contribution in [0.4, 0.5) is 5.13 Å². The highest BCUT2D eigenvalue weighted by Gasteiger charge is 2.18. The second-order valence-corrected chi connectivity index (χ2v) is 6.27. The van der Waals surface area contributed by atoms with E-state index in [2.05, 4.69) is 20.7 Å². The monoisotopic (exact) mass is 288 g/mol. The van der Waals surface area contributed by atoms with Gasteiger partial charge < -0.3 is 11.1 Å². The molecule has 0 unspecified atom stereocenters. The van der Waals surface area contributed by atoms with Gasteiger partial charge in [-0.15, -0.1) is 11.3 Å². The first-order valence-corrected chi connectivity index (χ1v) is 8.05. The lowest BCUT2D eigenvalue weighted by atomic mass is 9.86. The number of anilines is 1. The van der Waals surface area contributed by atoms with Crippen molar-refractivity contribution in [2.75, 3.05) is 11.9 Å². The van der Waals surface area contributed by atoms with E-state index in [-0.39, 0.29) is 0 Å². The van der Waals surface area contributed by atoms with Crippen LogP contribution in [0, 0.1) is 5.92 Å². The maximum atomic E-state index is 5.93. The van der Waals surface area contributed by atoms with E-state index < -0.39 is 0 Å². The molecule has 2 aromatic rings. The van der Waals surface area contributed by atoms with E-state index in [1.54, 1.807) is 17.5 Å². The van der Waals surface area contributed by atoms with Crippen LogP contribution in [0.25, 0.3) is 11.4 Å². The highest BCUT2D eigenvalue weighted by atomic mass is 32.1. The Bertz CT molecular complexity index is 532. The molecule has 0 radical (unpaired) electrons. The molecule has 2 aromatic heterocycles. The van der Waals surface area contributed by atoms with Gasteiger partial charge in [0.1, 0.15) is 5.69 Å². The topological polar surface area (TPSA) is 63.8 Å². The Morgan fingerprint density at radius 2 is 2.05 bits per heavy atom. The van der Waals surface area contributed by atoms with E-state index in [1.807, 2.05) is 18.2 Å². The second-order valence-electron chi connectivity index (χ2n) is 5.41. The van der Waals surface area contributed by atoms with Crippen LogP contribution in [0.3, 0.4) is 0 Å². The second kappa shape index (κ2) is 6.33. The summed E-state index contributed by atoms with van der Waals surface area (Å²) < 4.78 is 0. The zero-order chi connectivity index (χ0) is 13.8. The van der Waals surface area contributed by atoms with Crippen molar-refractivity contribution < 1.29 is 0 Å². The number of hydrogen-bond donors (Lipinski definition) is 2. The van der Waals surface area contributed by atoms with Crippen LogP contribution in [0.15, 0.2) is 29.8 Å². The third-order valence-corrected chi connectivity index (χ3v) is 4.66. The molecule has 1 saturated carbocycles. The quantitative estimate of drug-likeness (QED) is 0.907. The highest BCUT2D eigenvalue weighted by molar-refractivity contribution is 7.14. The average molecular weight is 288 g/mol. The van der Waals surface area contributed by atoms with E-state index in [0.29, 0.717) is 6.04 Å². The van der Waals surface area contributed by atoms with Crippen LogP contribution < -0.4 is 11.1 Å². The largest absolute Gasteiger partial charge is 0.361 e. The Morgan fingerprint density at radius 3 is 2.80 bits per heavy atom. The van der Waals surface area contributed by atoms with Crippen LogP contribution in [-0.4, -0.2) is 22.6 Å². The van der Waals surface area contributed by atoms with E-state index in [0.717, 1.165) is 41.8 Å². The Hall–Kier alpha value is -1.46. The molecule has 4 nitrogen and oxygen atoms in total. The van der Waals surface area contributed by atoms with E-state index in [9.17, 15) is 0 Å². The fourth-order valence-electron chi connectivity index (χ4n) is 2.61. The molecular formula is C15H20N4S. The van der Waals surface area contributed by atoms with Crippen molar-refractivity contribution in [2.24, 2.45) is 11.7 Å². The summed E-state index contributed by atoms with van der Waals surface area (Å²) in [4.78, 5) is 8.92. The highest BCUT2D eigenvalue weighted by Crippen LogP contribution is 2.26. The predicted octanol–water partition coefficient (Wildman–Crippen LogP) is 3.13. The molecule has 0 aromatic carbocycles. The Balaban J connectivity index is 1.55. The van der Waals surface area contributed by atoms with Crippen molar-refractivity contribution in [3.63, 3.8) is 0 Å². The summed E-state index contributed by atoms with van der Waals surface area (Å²) in [5.41, 5.74) is 7.81. The molecule has 1 fully saturated rings. The summed E-state index contributed by atoms with van der Waals surface area (Å²) in [5.74, 6) is 0.733. The summed E-state index contributed by atoms with van der Waals surface area (Å²) in [6, 6.07) is 6.31. The van der Waals surface area contributed by atoms with Gasteiger partial charge in [-0.25, -0.2) is 4.98 Å². The number of aromatic nitrogens is 2. The lowest BCUT2D eigenvalue weighted by Gasteiger charge is -2.25. The van der Waals surface area contributed by atoms with Gasteiger partial charge in [-0.05, 0) is 43.7 Å². The molecule has 106 valence electrons. The lowest BCUT2D eigenvalue weighted by Crippen LogP contribution is -2.29. The standard InChI is InChI=1S/C15H20N4S/c16-12-6-4-11(5-7-12)9-18-15-19-14(10-20-15)13-3-1-2-8-17-13/h1-3,8,10-12H,4-7,9,16H2,(H,18,19). The number of nitrogens with one attached hydrogen (secondary N) is 1.